The summed E-state index contributed by atoms with van der Waals surface area (Å²) in [6, 6.07) is 3.02. The van der Waals surface area contributed by atoms with E-state index in [1.165, 1.54) is 12.1 Å². The third-order valence-corrected chi connectivity index (χ3v) is 3.95. The fourth-order valence-corrected chi connectivity index (χ4v) is 2.46. The van der Waals surface area contributed by atoms with Crippen LogP contribution in [0.1, 0.15) is 20.8 Å². The third-order valence-electron chi connectivity index (χ3n) is 2.92. The molecule has 0 saturated heterocycles. The van der Waals surface area contributed by atoms with Gasteiger partial charge in [0.15, 0.2) is 0 Å². The third kappa shape index (κ3) is 6.96. The molecule has 0 heterocycles. The Labute approximate surface area is 151 Å². The SMILES string of the molecule is CCN(CC(=O)Nc1cc(Cl)c(Cl)cc1Cl)CC(=O)NC(C)C. The fraction of sp³-hybridized carbons (Fsp3) is 0.467. The molecule has 5 nitrogen and oxygen atoms in total. The van der Waals surface area contributed by atoms with Crippen LogP contribution in [0.2, 0.25) is 15.1 Å². The first-order valence-electron chi connectivity index (χ1n) is 7.19. The summed E-state index contributed by atoms with van der Waals surface area (Å²) in [6.07, 6.45) is 0. The molecule has 2 amide bonds. The van der Waals surface area contributed by atoms with Crippen molar-refractivity contribution in [2.75, 3.05) is 25.0 Å². The highest BCUT2D eigenvalue weighted by Gasteiger charge is 2.15. The molecule has 0 aliphatic carbocycles. The predicted octanol–water partition coefficient (Wildman–Crippen LogP) is 3.43. The molecule has 0 saturated carbocycles. The molecule has 2 N–H and O–H groups in total. The lowest BCUT2D eigenvalue weighted by molar-refractivity contribution is -0.123. The summed E-state index contributed by atoms with van der Waals surface area (Å²) in [5.41, 5.74) is 0.383. The number of nitrogens with zero attached hydrogens (tertiary/aromatic N) is 1. The molecule has 1 rings (SSSR count). The van der Waals surface area contributed by atoms with Crippen molar-refractivity contribution in [1.82, 2.24) is 10.2 Å². The first-order valence-corrected chi connectivity index (χ1v) is 8.32. The Hall–Kier alpha value is -1.01. The molecule has 0 aliphatic rings. The van der Waals surface area contributed by atoms with Crippen molar-refractivity contribution in [3.63, 3.8) is 0 Å². The van der Waals surface area contributed by atoms with Gasteiger partial charge in [-0.1, -0.05) is 41.7 Å². The molecule has 0 unspecified atom stereocenters. The summed E-state index contributed by atoms with van der Waals surface area (Å²) in [6.45, 7) is 6.42. The Kier molecular flexibility index (Phi) is 8.12. The lowest BCUT2D eigenvalue weighted by Gasteiger charge is -2.20. The standard InChI is InChI=1S/C15H20Cl3N3O2/c1-4-21(7-14(22)19-9(2)3)8-15(23)20-13-6-11(17)10(16)5-12(13)18/h5-6,9H,4,7-8H2,1-3H3,(H,19,22)(H,20,23). The van der Waals surface area contributed by atoms with Gasteiger partial charge in [0.05, 0.1) is 33.8 Å². The molecule has 0 atom stereocenters. The minimum atomic E-state index is -0.288. The second kappa shape index (κ2) is 9.33. The van der Waals surface area contributed by atoms with Crippen molar-refractivity contribution >= 4 is 52.3 Å². The zero-order valence-electron chi connectivity index (χ0n) is 13.3. The Morgan fingerprint density at radius 1 is 1.04 bits per heavy atom. The fourth-order valence-electron chi connectivity index (χ4n) is 1.86. The molecule has 0 aromatic heterocycles. The molecular formula is C15H20Cl3N3O2. The molecule has 0 aliphatic heterocycles. The van der Waals surface area contributed by atoms with Gasteiger partial charge < -0.3 is 10.6 Å². The van der Waals surface area contributed by atoms with Crippen LogP contribution in [-0.4, -0.2) is 42.4 Å². The summed E-state index contributed by atoms with van der Waals surface area (Å²) >= 11 is 17.8. The smallest absolute Gasteiger partial charge is 0.238 e. The van der Waals surface area contributed by atoms with Gasteiger partial charge in [-0.25, -0.2) is 0 Å². The Bertz CT molecular complexity index is 579. The maximum Gasteiger partial charge on any atom is 0.238 e. The minimum absolute atomic E-state index is 0.0602. The van der Waals surface area contributed by atoms with Crippen molar-refractivity contribution in [1.29, 1.82) is 0 Å². The van der Waals surface area contributed by atoms with Gasteiger partial charge in [0.1, 0.15) is 0 Å². The molecule has 23 heavy (non-hydrogen) atoms. The van der Waals surface area contributed by atoms with E-state index in [0.29, 0.717) is 27.3 Å². The van der Waals surface area contributed by atoms with Crippen LogP contribution in [0.25, 0.3) is 0 Å². The van der Waals surface area contributed by atoms with E-state index in [-0.39, 0.29) is 30.9 Å². The van der Waals surface area contributed by atoms with Crippen molar-refractivity contribution in [2.45, 2.75) is 26.8 Å². The highest BCUT2D eigenvalue weighted by atomic mass is 35.5. The lowest BCUT2D eigenvalue weighted by atomic mass is 10.3. The minimum Gasteiger partial charge on any atom is -0.353 e. The average molecular weight is 381 g/mol. The zero-order valence-corrected chi connectivity index (χ0v) is 15.5. The van der Waals surface area contributed by atoms with Gasteiger partial charge in [0, 0.05) is 6.04 Å². The van der Waals surface area contributed by atoms with Crippen molar-refractivity contribution in [3.8, 4) is 0 Å². The predicted molar refractivity (Wildman–Crippen MR) is 95.5 cm³/mol. The number of nitrogens with one attached hydrogen (secondary N) is 2. The van der Waals surface area contributed by atoms with Gasteiger partial charge in [0.2, 0.25) is 11.8 Å². The number of carbonyl (C=O) groups excluding carboxylic acids is 2. The highest BCUT2D eigenvalue weighted by molar-refractivity contribution is 6.44. The number of anilines is 1. The lowest BCUT2D eigenvalue weighted by Crippen LogP contribution is -2.42. The van der Waals surface area contributed by atoms with Crippen LogP contribution in [0.15, 0.2) is 12.1 Å². The van der Waals surface area contributed by atoms with Gasteiger partial charge in [-0.15, -0.1) is 0 Å². The largest absolute Gasteiger partial charge is 0.353 e. The van der Waals surface area contributed by atoms with E-state index in [2.05, 4.69) is 10.6 Å². The van der Waals surface area contributed by atoms with Gasteiger partial charge in [-0.2, -0.15) is 0 Å². The molecule has 0 spiro atoms. The first-order chi connectivity index (χ1) is 10.7. The molecule has 0 fully saturated rings. The summed E-state index contributed by atoms with van der Waals surface area (Å²) < 4.78 is 0. The van der Waals surface area contributed by atoms with Crippen LogP contribution >= 0.6 is 34.8 Å². The van der Waals surface area contributed by atoms with Gasteiger partial charge >= 0.3 is 0 Å². The molecule has 1 aromatic rings. The van der Waals surface area contributed by atoms with Gasteiger partial charge in [-0.05, 0) is 32.5 Å². The van der Waals surface area contributed by atoms with Crippen LogP contribution in [-0.2, 0) is 9.59 Å². The topological polar surface area (TPSA) is 61.4 Å². The number of hydrogen-bond donors (Lipinski definition) is 2. The summed E-state index contributed by atoms with van der Waals surface area (Å²) in [7, 11) is 0. The molecule has 0 radical (unpaired) electrons. The van der Waals surface area contributed by atoms with E-state index in [1.807, 2.05) is 20.8 Å². The van der Waals surface area contributed by atoms with Crippen LogP contribution in [0.3, 0.4) is 0 Å². The van der Waals surface area contributed by atoms with Crippen molar-refractivity contribution in [3.05, 3.63) is 27.2 Å². The normalized spacial score (nSPS) is 11.0. The zero-order chi connectivity index (χ0) is 17.6. The maximum atomic E-state index is 12.1. The first kappa shape index (κ1) is 20.0. The Morgan fingerprint density at radius 2 is 1.61 bits per heavy atom. The van der Waals surface area contributed by atoms with Crippen molar-refractivity contribution in [2.24, 2.45) is 0 Å². The highest BCUT2D eigenvalue weighted by Crippen LogP contribution is 2.32. The second-order valence-electron chi connectivity index (χ2n) is 5.32. The second-order valence-corrected chi connectivity index (χ2v) is 6.54. The number of benzene rings is 1. The van der Waals surface area contributed by atoms with E-state index in [4.69, 9.17) is 34.8 Å². The van der Waals surface area contributed by atoms with E-state index < -0.39 is 0 Å². The number of hydrogen-bond acceptors (Lipinski definition) is 3. The number of halogens is 3. The van der Waals surface area contributed by atoms with E-state index in [0.717, 1.165) is 0 Å². The van der Waals surface area contributed by atoms with Gasteiger partial charge in [0.25, 0.3) is 0 Å². The van der Waals surface area contributed by atoms with Crippen LogP contribution in [0.5, 0.6) is 0 Å². The van der Waals surface area contributed by atoms with Crippen LogP contribution in [0.4, 0.5) is 5.69 Å². The monoisotopic (exact) mass is 379 g/mol. The van der Waals surface area contributed by atoms with E-state index >= 15 is 0 Å². The molecule has 8 heteroatoms. The summed E-state index contributed by atoms with van der Waals surface area (Å²) in [5.74, 6) is -0.410. The van der Waals surface area contributed by atoms with Crippen molar-refractivity contribution < 1.29 is 9.59 Å². The Morgan fingerprint density at radius 3 is 2.17 bits per heavy atom. The van der Waals surface area contributed by atoms with Gasteiger partial charge in [-0.3, -0.25) is 14.5 Å². The molecular weight excluding hydrogens is 361 g/mol. The number of carbonyl (C=O) groups is 2. The van der Waals surface area contributed by atoms with E-state index in [1.54, 1.807) is 4.90 Å². The van der Waals surface area contributed by atoms with Crippen LogP contribution < -0.4 is 10.6 Å². The summed E-state index contributed by atoms with van der Waals surface area (Å²) in [4.78, 5) is 25.6. The Balaban J connectivity index is 2.64. The number of rotatable bonds is 7. The summed E-state index contributed by atoms with van der Waals surface area (Å²) in [5, 5.41) is 6.37. The molecule has 128 valence electrons. The molecule has 1 aromatic carbocycles. The van der Waals surface area contributed by atoms with E-state index in [9.17, 15) is 9.59 Å². The number of likely N-dealkylation sites (N-methyl/N-ethyl adjacent to an activating group) is 1. The molecule has 0 bridgehead atoms. The average Bonchev–Trinajstić information content (AvgIpc) is 2.43. The quantitative estimate of drug-likeness (QED) is 0.712. The van der Waals surface area contributed by atoms with Crippen LogP contribution in [0, 0.1) is 0 Å². The maximum absolute atomic E-state index is 12.1. The number of amides is 2.